The quantitative estimate of drug-likeness (QED) is 0.694. The number of hydrogen-bond acceptors (Lipinski definition) is 6. The minimum Gasteiger partial charge on any atom is -0.437 e. The van der Waals surface area contributed by atoms with E-state index in [1.165, 1.54) is 0 Å². The lowest BCUT2D eigenvalue weighted by atomic mass is 9.97. The summed E-state index contributed by atoms with van der Waals surface area (Å²) in [5, 5.41) is 3.99. The van der Waals surface area contributed by atoms with Gasteiger partial charge in [0, 0.05) is 31.9 Å². The molecule has 0 saturated carbocycles. The van der Waals surface area contributed by atoms with Gasteiger partial charge >= 0.3 is 5.97 Å². The van der Waals surface area contributed by atoms with Gasteiger partial charge in [-0.3, -0.25) is 0 Å². The average Bonchev–Trinajstić information content (AvgIpc) is 3.05. The van der Waals surface area contributed by atoms with Crippen LogP contribution >= 0.6 is 0 Å². The van der Waals surface area contributed by atoms with Crippen molar-refractivity contribution in [3.8, 4) is 0 Å². The van der Waals surface area contributed by atoms with Gasteiger partial charge in [0.1, 0.15) is 0 Å². The Labute approximate surface area is 112 Å². The van der Waals surface area contributed by atoms with E-state index in [1.807, 2.05) is 34.6 Å². The molecule has 6 nitrogen and oxygen atoms in total. The second-order valence-corrected chi connectivity index (χ2v) is 5.59. The Bertz CT molecular complexity index is 477. The predicted octanol–water partition coefficient (Wildman–Crippen LogP) is 0.220. The molecular weight excluding hydrogens is 244 g/mol. The van der Waals surface area contributed by atoms with Gasteiger partial charge < -0.3 is 15.6 Å². The molecule has 0 spiro atoms. The molecule has 19 heavy (non-hydrogen) atoms. The molecule has 0 aliphatic carbocycles. The summed E-state index contributed by atoms with van der Waals surface area (Å²) in [5.41, 5.74) is 5.10. The van der Waals surface area contributed by atoms with E-state index >= 15 is 0 Å². The van der Waals surface area contributed by atoms with Crippen LogP contribution in [0.4, 0.5) is 0 Å². The van der Waals surface area contributed by atoms with E-state index < -0.39 is 11.3 Å². The van der Waals surface area contributed by atoms with Gasteiger partial charge in [0.15, 0.2) is 5.54 Å². The highest BCUT2D eigenvalue weighted by Gasteiger charge is 2.54. The van der Waals surface area contributed by atoms with Crippen molar-refractivity contribution in [3.05, 3.63) is 24.6 Å². The normalized spacial score (nSPS) is 40.0. The lowest BCUT2D eigenvalue weighted by Crippen LogP contribution is -2.55. The number of carbonyl (C=O) groups is 1. The van der Waals surface area contributed by atoms with Crippen molar-refractivity contribution in [2.24, 2.45) is 0 Å². The molecule has 102 valence electrons. The molecule has 4 rings (SSSR count). The van der Waals surface area contributed by atoms with E-state index in [0.717, 1.165) is 38.8 Å². The van der Waals surface area contributed by atoms with Crippen molar-refractivity contribution in [1.82, 2.24) is 20.9 Å². The first-order chi connectivity index (χ1) is 9.25. The SMILES string of the molecule is O=C(OC12C=CNN1CCC2)C12C=CNN1CCC2. The monoisotopic (exact) mass is 262 g/mol. The summed E-state index contributed by atoms with van der Waals surface area (Å²) in [5.74, 6) is -0.147. The molecule has 2 saturated heterocycles. The van der Waals surface area contributed by atoms with E-state index in [0.29, 0.717) is 0 Å². The number of nitrogens with zero attached hydrogens (tertiary/aromatic N) is 2. The minimum absolute atomic E-state index is 0.147. The Morgan fingerprint density at radius 1 is 1.05 bits per heavy atom. The van der Waals surface area contributed by atoms with Crippen molar-refractivity contribution in [2.45, 2.75) is 36.9 Å². The van der Waals surface area contributed by atoms with Gasteiger partial charge in [-0.25, -0.2) is 9.80 Å². The Balaban J connectivity index is 1.59. The van der Waals surface area contributed by atoms with Crippen LogP contribution in [0.25, 0.3) is 0 Å². The zero-order chi connectivity index (χ0) is 12.9. The summed E-state index contributed by atoms with van der Waals surface area (Å²) in [6.45, 7) is 1.79. The molecule has 4 aliphatic rings. The molecule has 0 aromatic carbocycles. The van der Waals surface area contributed by atoms with Gasteiger partial charge in [-0.15, -0.1) is 0 Å². The van der Waals surface area contributed by atoms with Gasteiger partial charge in [-0.1, -0.05) is 0 Å². The highest BCUT2D eigenvalue weighted by molar-refractivity contribution is 5.85. The van der Waals surface area contributed by atoms with Crippen LogP contribution in [0.2, 0.25) is 0 Å². The molecule has 0 aromatic heterocycles. The molecule has 2 atom stereocenters. The minimum atomic E-state index is -0.598. The Hall–Kier alpha value is -1.53. The average molecular weight is 262 g/mol. The molecule has 0 radical (unpaired) electrons. The van der Waals surface area contributed by atoms with Crippen LogP contribution in [0.15, 0.2) is 24.6 Å². The number of carbonyl (C=O) groups excluding carboxylic acids is 1. The van der Waals surface area contributed by atoms with E-state index in [9.17, 15) is 4.79 Å². The Morgan fingerprint density at radius 2 is 1.79 bits per heavy atom. The first-order valence-corrected chi connectivity index (χ1v) is 6.92. The lowest BCUT2D eigenvalue weighted by Gasteiger charge is -2.35. The highest BCUT2D eigenvalue weighted by atomic mass is 16.6. The summed E-state index contributed by atoms with van der Waals surface area (Å²) in [4.78, 5) is 12.7. The van der Waals surface area contributed by atoms with Crippen LogP contribution in [0.3, 0.4) is 0 Å². The van der Waals surface area contributed by atoms with Gasteiger partial charge in [0.05, 0.1) is 0 Å². The molecule has 6 heteroatoms. The van der Waals surface area contributed by atoms with Crippen LogP contribution in [0.1, 0.15) is 25.7 Å². The fourth-order valence-corrected chi connectivity index (χ4v) is 3.55. The number of nitrogens with one attached hydrogen (secondary N) is 2. The zero-order valence-corrected chi connectivity index (χ0v) is 10.8. The van der Waals surface area contributed by atoms with E-state index in [1.54, 1.807) is 0 Å². The summed E-state index contributed by atoms with van der Waals surface area (Å²) in [7, 11) is 0. The maximum atomic E-state index is 12.7. The molecule has 0 amide bonds. The van der Waals surface area contributed by atoms with E-state index in [4.69, 9.17) is 4.74 Å². The maximum Gasteiger partial charge on any atom is 0.334 e. The summed E-state index contributed by atoms with van der Waals surface area (Å²) < 4.78 is 5.92. The van der Waals surface area contributed by atoms with E-state index in [2.05, 4.69) is 10.9 Å². The zero-order valence-electron chi connectivity index (χ0n) is 10.8. The smallest absolute Gasteiger partial charge is 0.334 e. The second kappa shape index (κ2) is 3.74. The molecule has 2 fully saturated rings. The third-order valence-corrected chi connectivity index (χ3v) is 4.58. The molecule has 0 aromatic rings. The van der Waals surface area contributed by atoms with Crippen molar-refractivity contribution in [2.75, 3.05) is 13.1 Å². The van der Waals surface area contributed by atoms with Crippen LogP contribution in [0.5, 0.6) is 0 Å². The topological polar surface area (TPSA) is 56.8 Å². The number of ether oxygens (including phenoxy) is 1. The number of esters is 1. The lowest BCUT2D eigenvalue weighted by molar-refractivity contribution is -0.179. The van der Waals surface area contributed by atoms with Crippen LogP contribution in [-0.2, 0) is 9.53 Å². The predicted molar refractivity (Wildman–Crippen MR) is 68.0 cm³/mol. The standard InChI is InChI=1S/C13H18N4O2/c18-11(12-3-1-9-16(12)14-7-5-12)19-13-4-2-10-17(13)15-8-6-13/h5-8,14-15H,1-4,9-10H2. The Kier molecular flexibility index (Phi) is 2.23. The number of fused-ring (bicyclic) bond motifs is 2. The van der Waals surface area contributed by atoms with Crippen molar-refractivity contribution >= 4 is 5.97 Å². The largest absolute Gasteiger partial charge is 0.437 e. The highest BCUT2D eigenvalue weighted by Crippen LogP contribution is 2.39. The molecule has 2 N–H and O–H groups in total. The molecule has 4 aliphatic heterocycles. The summed E-state index contributed by atoms with van der Waals surface area (Å²) in [6, 6.07) is 0. The van der Waals surface area contributed by atoms with Crippen LogP contribution in [0, 0.1) is 0 Å². The van der Waals surface area contributed by atoms with Crippen molar-refractivity contribution in [1.29, 1.82) is 0 Å². The molecule has 0 bridgehead atoms. The second-order valence-electron chi connectivity index (χ2n) is 5.59. The first-order valence-electron chi connectivity index (χ1n) is 6.92. The van der Waals surface area contributed by atoms with E-state index in [-0.39, 0.29) is 5.97 Å². The van der Waals surface area contributed by atoms with Crippen LogP contribution in [-0.4, -0.2) is 40.3 Å². The molecular formula is C13H18N4O2. The van der Waals surface area contributed by atoms with Gasteiger partial charge in [0.2, 0.25) is 5.72 Å². The third kappa shape index (κ3) is 1.41. The fourth-order valence-electron chi connectivity index (χ4n) is 3.55. The van der Waals surface area contributed by atoms with Gasteiger partial charge in [-0.2, -0.15) is 5.01 Å². The van der Waals surface area contributed by atoms with Crippen molar-refractivity contribution in [3.63, 3.8) is 0 Å². The Morgan fingerprint density at radius 3 is 2.74 bits per heavy atom. The van der Waals surface area contributed by atoms with Crippen LogP contribution < -0.4 is 10.9 Å². The fraction of sp³-hybridized carbons (Fsp3) is 0.615. The maximum absolute atomic E-state index is 12.7. The molecule has 4 heterocycles. The summed E-state index contributed by atoms with van der Waals surface area (Å²) >= 11 is 0. The van der Waals surface area contributed by atoms with Crippen molar-refractivity contribution < 1.29 is 9.53 Å². The number of hydrazine groups is 2. The number of rotatable bonds is 2. The summed E-state index contributed by atoms with van der Waals surface area (Å²) in [6.07, 6.45) is 11.3. The third-order valence-electron chi connectivity index (χ3n) is 4.58. The number of hydrogen-bond donors (Lipinski definition) is 2. The van der Waals surface area contributed by atoms with Gasteiger partial charge in [0.25, 0.3) is 0 Å². The van der Waals surface area contributed by atoms with Gasteiger partial charge in [-0.05, 0) is 31.4 Å². The first kappa shape index (κ1) is 11.3. The molecule has 2 unspecified atom stereocenters.